The molecule has 3 aromatic rings. The largest absolute Gasteiger partial charge is 0.376 e. The monoisotopic (exact) mass is 457 g/mol. The number of fused-ring (bicyclic) bond motifs is 1. The molecule has 0 saturated heterocycles. The summed E-state index contributed by atoms with van der Waals surface area (Å²) in [5, 5.41) is 4.48. The molecule has 0 radical (unpaired) electrons. The van der Waals surface area contributed by atoms with Crippen molar-refractivity contribution in [2.75, 3.05) is 11.9 Å². The molecule has 1 aliphatic rings. The van der Waals surface area contributed by atoms with E-state index in [1.54, 1.807) is 25.2 Å². The first-order valence-corrected chi connectivity index (χ1v) is 11.2. The summed E-state index contributed by atoms with van der Waals surface area (Å²) >= 11 is 12.4. The number of benzene rings is 2. The number of halogens is 2. The molecule has 1 aromatic heterocycles. The molecule has 0 aliphatic heterocycles. The Labute approximate surface area is 192 Å². The highest BCUT2D eigenvalue weighted by Gasteiger charge is 2.34. The van der Waals surface area contributed by atoms with Crippen LogP contribution in [0.25, 0.3) is 11.4 Å². The van der Waals surface area contributed by atoms with E-state index < -0.39 is 0 Å². The number of ether oxygens (including phenoxy) is 1. The van der Waals surface area contributed by atoms with E-state index in [-0.39, 0.29) is 17.7 Å². The molecule has 2 unspecified atom stereocenters. The minimum absolute atomic E-state index is 0.0396. The van der Waals surface area contributed by atoms with E-state index in [2.05, 4.69) is 17.4 Å². The normalized spacial score (nSPS) is 17.6. The van der Waals surface area contributed by atoms with Crippen molar-refractivity contribution >= 4 is 28.9 Å². The van der Waals surface area contributed by atoms with Gasteiger partial charge in [-0.3, -0.25) is 9.36 Å². The lowest BCUT2D eigenvalue weighted by Crippen LogP contribution is -2.31. The van der Waals surface area contributed by atoms with E-state index in [9.17, 15) is 4.79 Å². The number of nitrogens with zero attached hydrogens (tertiary/aromatic N) is 2. The zero-order chi connectivity index (χ0) is 22.1. The van der Waals surface area contributed by atoms with Crippen molar-refractivity contribution in [2.45, 2.75) is 38.8 Å². The van der Waals surface area contributed by atoms with Crippen LogP contribution in [0.2, 0.25) is 10.0 Å². The van der Waals surface area contributed by atoms with Gasteiger partial charge in [-0.15, -0.1) is 0 Å². The van der Waals surface area contributed by atoms with Crippen molar-refractivity contribution in [3.8, 4) is 11.4 Å². The Morgan fingerprint density at radius 3 is 2.68 bits per heavy atom. The van der Waals surface area contributed by atoms with Gasteiger partial charge in [0.1, 0.15) is 11.5 Å². The van der Waals surface area contributed by atoms with Gasteiger partial charge in [0.05, 0.1) is 22.9 Å². The van der Waals surface area contributed by atoms with Crippen molar-refractivity contribution < 1.29 is 4.74 Å². The number of hydrogen-bond donors (Lipinski definition) is 1. The fourth-order valence-corrected chi connectivity index (χ4v) is 4.71. The van der Waals surface area contributed by atoms with Gasteiger partial charge in [0.2, 0.25) is 0 Å². The lowest BCUT2D eigenvalue weighted by Gasteiger charge is -2.24. The fraction of sp³-hybridized carbons (Fsp3) is 0.333. The third-order valence-corrected chi connectivity index (χ3v) is 6.28. The number of aryl methyl sites for hydroxylation is 1. The van der Waals surface area contributed by atoms with Crippen molar-refractivity contribution in [1.82, 2.24) is 9.55 Å². The first-order valence-electron chi connectivity index (χ1n) is 10.5. The Morgan fingerprint density at radius 1 is 1.19 bits per heavy atom. The van der Waals surface area contributed by atoms with Crippen LogP contribution in [0, 0.1) is 0 Å². The predicted octanol–water partition coefficient (Wildman–Crippen LogP) is 5.43. The number of anilines is 1. The zero-order valence-corrected chi connectivity index (χ0v) is 19.3. The van der Waals surface area contributed by atoms with Gasteiger partial charge >= 0.3 is 0 Å². The Morgan fingerprint density at radius 2 is 1.97 bits per heavy atom. The average molecular weight is 458 g/mol. The Balaban J connectivity index is 1.79. The quantitative estimate of drug-likeness (QED) is 0.535. The summed E-state index contributed by atoms with van der Waals surface area (Å²) in [5.74, 6) is 0.516. The summed E-state index contributed by atoms with van der Waals surface area (Å²) < 4.78 is 7.55. The van der Waals surface area contributed by atoms with Gasteiger partial charge in [-0.2, -0.15) is 0 Å². The summed E-state index contributed by atoms with van der Waals surface area (Å²) in [6, 6.07) is 13.3. The van der Waals surface area contributed by atoms with Crippen LogP contribution in [0.5, 0.6) is 0 Å². The van der Waals surface area contributed by atoms with Gasteiger partial charge in [-0.25, -0.2) is 4.98 Å². The lowest BCUT2D eigenvalue weighted by atomic mass is 10.1. The molecule has 1 heterocycles. The Bertz CT molecular complexity index is 1180. The highest BCUT2D eigenvalue weighted by Crippen LogP contribution is 2.36. The van der Waals surface area contributed by atoms with Gasteiger partial charge in [0.15, 0.2) is 0 Å². The standard InChI is InChI=1S/C24H25Cl2N3O2/c1-4-19-22(28-21-16-9-7-6-8-14(16)12-20(21)31-5-2)24(30)29(3)23(27-19)17-11-10-15(25)13-18(17)26/h6-11,13,20-21,28H,4-5,12H2,1-3H3. The average Bonchev–Trinajstić information content (AvgIpc) is 3.09. The van der Waals surface area contributed by atoms with E-state index >= 15 is 0 Å². The maximum absolute atomic E-state index is 13.4. The van der Waals surface area contributed by atoms with Crippen LogP contribution in [-0.2, 0) is 24.6 Å². The topological polar surface area (TPSA) is 56.1 Å². The molecule has 7 heteroatoms. The highest BCUT2D eigenvalue weighted by atomic mass is 35.5. The smallest absolute Gasteiger partial charge is 0.277 e. The minimum Gasteiger partial charge on any atom is -0.376 e. The second-order valence-corrected chi connectivity index (χ2v) is 8.46. The lowest BCUT2D eigenvalue weighted by molar-refractivity contribution is 0.0574. The van der Waals surface area contributed by atoms with Gasteiger partial charge in [-0.05, 0) is 42.7 Å². The van der Waals surface area contributed by atoms with Crippen LogP contribution in [0.4, 0.5) is 5.69 Å². The molecule has 1 N–H and O–H groups in total. The Kier molecular flexibility index (Phi) is 6.37. The molecule has 0 bridgehead atoms. The third kappa shape index (κ3) is 4.10. The third-order valence-electron chi connectivity index (χ3n) is 5.74. The second-order valence-electron chi connectivity index (χ2n) is 7.62. The SMILES string of the molecule is CCOC1Cc2ccccc2C1Nc1c(CC)nc(-c2ccc(Cl)cc2Cl)n(C)c1=O. The molecule has 4 rings (SSSR count). The molecule has 2 atom stereocenters. The van der Waals surface area contributed by atoms with Gasteiger partial charge in [-0.1, -0.05) is 54.4 Å². The van der Waals surface area contributed by atoms with Gasteiger partial charge in [0.25, 0.3) is 5.56 Å². The molecule has 0 saturated carbocycles. The first-order chi connectivity index (χ1) is 14.9. The molecule has 0 amide bonds. The first kappa shape index (κ1) is 21.9. The maximum Gasteiger partial charge on any atom is 0.277 e. The van der Waals surface area contributed by atoms with Gasteiger partial charge in [0, 0.05) is 30.7 Å². The zero-order valence-electron chi connectivity index (χ0n) is 17.8. The summed E-state index contributed by atoms with van der Waals surface area (Å²) in [5.41, 5.74) is 4.13. The summed E-state index contributed by atoms with van der Waals surface area (Å²) in [7, 11) is 1.71. The van der Waals surface area contributed by atoms with Crippen LogP contribution in [-0.4, -0.2) is 22.3 Å². The van der Waals surface area contributed by atoms with Crippen LogP contribution in [0.1, 0.15) is 36.7 Å². The van der Waals surface area contributed by atoms with E-state index in [1.807, 2.05) is 26.0 Å². The van der Waals surface area contributed by atoms with Crippen molar-refractivity contribution in [3.63, 3.8) is 0 Å². The van der Waals surface area contributed by atoms with Crippen LogP contribution < -0.4 is 10.9 Å². The molecule has 31 heavy (non-hydrogen) atoms. The molecule has 1 aliphatic carbocycles. The van der Waals surface area contributed by atoms with E-state index in [4.69, 9.17) is 32.9 Å². The summed E-state index contributed by atoms with van der Waals surface area (Å²) in [6.45, 7) is 4.59. The summed E-state index contributed by atoms with van der Waals surface area (Å²) in [6.07, 6.45) is 1.38. The number of nitrogens with one attached hydrogen (secondary N) is 1. The molecule has 2 aromatic carbocycles. The molecule has 0 fully saturated rings. The molecular formula is C24H25Cl2N3O2. The molecule has 162 valence electrons. The van der Waals surface area contributed by atoms with Gasteiger partial charge < -0.3 is 10.1 Å². The van der Waals surface area contributed by atoms with E-state index in [1.165, 1.54) is 10.1 Å². The molecular weight excluding hydrogens is 433 g/mol. The second kappa shape index (κ2) is 9.03. The van der Waals surface area contributed by atoms with E-state index in [0.717, 1.165) is 12.0 Å². The van der Waals surface area contributed by atoms with Crippen molar-refractivity contribution in [2.24, 2.45) is 7.05 Å². The fourth-order valence-electron chi connectivity index (χ4n) is 4.21. The minimum atomic E-state index is -0.146. The number of rotatable bonds is 6. The molecule has 0 spiro atoms. The summed E-state index contributed by atoms with van der Waals surface area (Å²) in [4.78, 5) is 18.2. The molecule has 5 nitrogen and oxygen atoms in total. The highest BCUT2D eigenvalue weighted by molar-refractivity contribution is 6.36. The van der Waals surface area contributed by atoms with E-state index in [0.29, 0.717) is 45.8 Å². The van der Waals surface area contributed by atoms with Crippen molar-refractivity contribution in [1.29, 1.82) is 0 Å². The number of hydrogen-bond acceptors (Lipinski definition) is 4. The van der Waals surface area contributed by atoms with Crippen molar-refractivity contribution in [3.05, 3.63) is 79.7 Å². The Hall–Kier alpha value is -2.34. The van der Waals surface area contributed by atoms with Crippen LogP contribution in [0.3, 0.4) is 0 Å². The maximum atomic E-state index is 13.4. The van der Waals surface area contributed by atoms with Crippen LogP contribution in [0.15, 0.2) is 47.3 Å². The van der Waals surface area contributed by atoms with Crippen LogP contribution >= 0.6 is 23.2 Å². The predicted molar refractivity (Wildman–Crippen MR) is 126 cm³/mol. The number of aromatic nitrogens is 2.